The topological polar surface area (TPSA) is 87.2 Å². The Hall–Kier alpha value is -2.29. The number of likely N-dealkylation sites (tertiary alicyclic amines) is 1. The highest BCUT2D eigenvalue weighted by Crippen LogP contribution is 2.67. The Morgan fingerprint density at radius 3 is 2.76 bits per heavy atom. The Labute approximate surface area is 208 Å². The molecular formula is C25H29ClN2O5S. The molecule has 182 valence electrons. The van der Waals surface area contributed by atoms with E-state index < -0.39 is 34.6 Å². The van der Waals surface area contributed by atoms with Crippen LogP contribution in [0.3, 0.4) is 0 Å². The summed E-state index contributed by atoms with van der Waals surface area (Å²) in [6, 6.07) is 5.59. The number of nitrogens with zero attached hydrogens (tertiary/aromatic N) is 2. The number of hydrogen-bond acceptors (Lipinski definition) is 6. The second-order valence-corrected chi connectivity index (χ2v) is 10.9. The third-order valence-corrected chi connectivity index (χ3v) is 9.32. The van der Waals surface area contributed by atoms with Crippen molar-refractivity contribution >= 4 is 46.8 Å². The molecule has 2 bridgehead atoms. The highest BCUT2D eigenvalue weighted by atomic mass is 35.5. The molecule has 2 amide bonds. The number of esters is 1. The van der Waals surface area contributed by atoms with Crippen molar-refractivity contribution in [3.8, 4) is 0 Å². The average molecular weight is 505 g/mol. The molecule has 1 aromatic carbocycles. The van der Waals surface area contributed by atoms with Crippen molar-refractivity contribution in [2.45, 2.75) is 41.8 Å². The van der Waals surface area contributed by atoms with Gasteiger partial charge in [0, 0.05) is 11.8 Å². The summed E-state index contributed by atoms with van der Waals surface area (Å²) in [5, 5.41) is 10.3. The molecule has 7 nitrogen and oxygen atoms in total. The number of hydrogen-bond donors (Lipinski definition) is 1. The van der Waals surface area contributed by atoms with Gasteiger partial charge in [0.25, 0.3) is 5.91 Å². The molecule has 1 spiro atoms. The number of fused-ring (bicyclic) bond motifs is 1. The zero-order valence-electron chi connectivity index (χ0n) is 19.1. The molecule has 0 aliphatic carbocycles. The maximum Gasteiger partial charge on any atom is 0.311 e. The zero-order valence-corrected chi connectivity index (χ0v) is 20.6. The first-order valence-electron chi connectivity index (χ1n) is 11.4. The highest BCUT2D eigenvalue weighted by molar-refractivity contribution is 8.02. The van der Waals surface area contributed by atoms with Gasteiger partial charge in [-0.2, -0.15) is 0 Å². The molecule has 4 rings (SSSR count). The number of rotatable bonds is 9. The number of ether oxygens (including phenoxy) is 1. The molecule has 0 saturated carbocycles. The van der Waals surface area contributed by atoms with Crippen LogP contribution in [0.1, 0.15) is 19.8 Å². The van der Waals surface area contributed by atoms with Gasteiger partial charge in [-0.05, 0) is 31.9 Å². The quantitative estimate of drug-likeness (QED) is 0.411. The van der Waals surface area contributed by atoms with Gasteiger partial charge < -0.3 is 19.6 Å². The molecule has 2 unspecified atom stereocenters. The Morgan fingerprint density at radius 2 is 2.12 bits per heavy atom. The summed E-state index contributed by atoms with van der Waals surface area (Å²) in [6.07, 6.45) is 4.44. The molecule has 0 radical (unpaired) electrons. The van der Waals surface area contributed by atoms with Gasteiger partial charge in [0.05, 0.1) is 39.9 Å². The number of aliphatic hydroxyl groups is 1. The average Bonchev–Trinajstić information content (AvgIpc) is 3.48. The van der Waals surface area contributed by atoms with Gasteiger partial charge in [-0.1, -0.05) is 42.5 Å². The van der Waals surface area contributed by atoms with Crippen molar-refractivity contribution in [2.24, 2.45) is 11.8 Å². The Balaban J connectivity index is 1.79. The Kier molecular flexibility index (Phi) is 7.12. The lowest BCUT2D eigenvalue weighted by Crippen LogP contribution is -2.57. The minimum atomic E-state index is -0.851. The molecule has 6 atom stereocenters. The summed E-state index contributed by atoms with van der Waals surface area (Å²) in [5.74, 6) is -2.33. The monoisotopic (exact) mass is 504 g/mol. The van der Waals surface area contributed by atoms with Crippen LogP contribution in [0, 0.1) is 11.8 Å². The maximum atomic E-state index is 14.2. The molecule has 9 heteroatoms. The summed E-state index contributed by atoms with van der Waals surface area (Å²) in [6.45, 7) is 9.07. The number of thioether (sulfide) groups is 1. The summed E-state index contributed by atoms with van der Waals surface area (Å²) in [7, 11) is 0. The van der Waals surface area contributed by atoms with Crippen LogP contribution in [0.2, 0.25) is 5.02 Å². The largest absolute Gasteiger partial charge is 0.461 e. The Bertz CT molecular complexity index is 1020. The maximum absolute atomic E-state index is 14.2. The molecule has 3 aliphatic rings. The molecular weight excluding hydrogens is 476 g/mol. The van der Waals surface area contributed by atoms with E-state index in [-0.39, 0.29) is 36.8 Å². The second kappa shape index (κ2) is 9.76. The van der Waals surface area contributed by atoms with Gasteiger partial charge in [0.2, 0.25) is 5.91 Å². The highest BCUT2D eigenvalue weighted by Gasteiger charge is 2.74. The van der Waals surface area contributed by atoms with Crippen LogP contribution in [0.4, 0.5) is 5.69 Å². The van der Waals surface area contributed by atoms with Crippen LogP contribution in [-0.4, -0.2) is 69.6 Å². The van der Waals surface area contributed by atoms with Crippen molar-refractivity contribution in [1.82, 2.24) is 4.90 Å². The van der Waals surface area contributed by atoms with Crippen molar-refractivity contribution in [1.29, 1.82) is 0 Å². The van der Waals surface area contributed by atoms with E-state index in [1.54, 1.807) is 53.9 Å². The van der Waals surface area contributed by atoms with Gasteiger partial charge in [-0.25, -0.2) is 0 Å². The van der Waals surface area contributed by atoms with E-state index in [1.165, 1.54) is 11.0 Å². The number of carbonyl (C=O) groups excluding carboxylic acids is 3. The molecule has 3 saturated heterocycles. The molecule has 3 fully saturated rings. The van der Waals surface area contributed by atoms with Gasteiger partial charge in [-0.15, -0.1) is 18.3 Å². The lowest BCUT2D eigenvalue weighted by molar-refractivity contribution is -0.153. The third kappa shape index (κ3) is 3.76. The first-order chi connectivity index (χ1) is 16.3. The van der Waals surface area contributed by atoms with Crippen molar-refractivity contribution in [3.05, 3.63) is 54.6 Å². The number of carbonyl (C=O) groups is 3. The van der Waals surface area contributed by atoms with Crippen LogP contribution in [0.5, 0.6) is 0 Å². The first kappa shape index (κ1) is 24.8. The predicted octanol–water partition coefficient (Wildman–Crippen LogP) is 3.06. The summed E-state index contributed by atoms with van der Waals surface area (Å²) in [4.78, 5) is 44.1. The second-order valence-electron chi connectivity index (χ2n) is 8.94. The lowest BCUT2D eigenvalue weighted by atomic mass is 9.71. The molecule has 3 heterocycles. The summed E-state index contributed by atoms with van der Waals surface area (Å²) < 4.78 is 4.58. The van der Waals surface area contributed by atoms with E-state index in [2.05, 4.69) is 13.2 Å². The van der Waals surface area contributed by atoms with Crippen LogP contribution >= 0.6 is 23.4 Å². The fraction of sp³-hybridized carbons (Fsp3) is 0.480. The van der Waals surface area contributed by atoms with E-state index >= 15 is 0 Å². The number of aliphatic hydroxyl groups excluding tert-OH is 1. The first-order valence-corrected chi connectivity index (χ1v) is 12.6. The van der Waals surface area contributed by atoms with Crippen molar-refractivity contribution < 1.29 is 24.2 Å². The van der Waals surface area contributed by atoms with Gasteiger partial charge in [0.1, 0.15) is 12.6 Å². The van der Waals surface area contributed by atoms with Crippen LogP contribution in [0.15, 0.2) is 49.6 Å². The summed E-state index contributed by atoms with van der Waals surface area (Å²) >= 11 is 7.99. The van der Waals surface area contributed by atoms with Crippen molar-refractivity contribution in [2.75, 3.05) is 24.7 Å². The van der Waals surface area contributed by atoms with E-state index in [0.29, 0.717) is 23.6 Å². The zero-order chi connectivity index (χ0) is 24.6. The third-order valence-electron chi connectivity index (χ3n) is 7.05. The summed E-state index contributed by atoms with van der Waals surface area (Å²) in [5.41, 5.74) is 0.525. The van der Waals surface area contributed by atoms with E-state index in [4.69, 9.17) is 16.3 Å². The molecule has 34 heavy (non-hydrogen) atoms. The van der Waals surface area contributed by atoms with Crippen LogP contribution in [0.25, 0.3) is 0 Å². The molecule has 0 aromatic heterocycles. The van der Waals surface area contributed by atoms with Crippen LogP contribution < -0.4 is 4.90 Å². The van der Waals surface area contributed by atoms with Crippen LogP contribution in [-0.2, 0) is 19.1 Å². The molecule has 1 N–H and O–H groups in total. The molecule has 1 aromatic rings. The number of para-hydroxylation sites is 1. The normalized spacial score (nSPS) is 30.1. The molecule has 3 aliphatic heterocycles. The van der Waals surface area contributed by atoms with Gasteiger partial charge in [0.15, 0.2) is 0 Å². The van der Waals surface area contributed by atoms with E-state index in [1.807, 2.05) is 0 Å². The number of benzene rings is 1. The number of anilines is 1. The standard InChI is InChI=1S/C25H29ClN2O5S/c1-4-12-27(17-9-7-6-8-16(17)26)23(31)21-25-11-10-18(34-25)19(24(32)33-13-5-2)20(25)22(30)28(21)15(3)14-29/h4-9,15,18-21,29H,1-2,10-14H2,3H3/t15-,18+,19-,20+,21?,25?/m1/s1. The predicted molar refractivity (Wildman–Crippen MR) is 133 cm³/mol. The number of halogens is 1. The fourth-order valence-electron chi connectivity index (χ4n) is 5.69. The SMILES string of the molecule is C=CCOC(=O)[C@@H]1[C@@H]2CCC3(S2)C(C(=O)N(CC=C)c2ccccc2Cl)N([C@H](C)CO)C(=O)[C@H]13. The van der Waals surface area contributed by atoms with Gasteiger partial charge in [-0.3, -0.25) is 14.4 Å². The minimum absolute atomic E-state index is 0.0688. The lowest BCUT2D eigenvalue weighted by Gasteiger charge is -2.39. The van der Waals surface area contributed by atoms with E-state index in [9.17, 15) is 19.5 Å². The minimum Gasteiger partial charge on any atom is -0.461 e. The fourth-order valence-corrected chi connectivity index (χ4v) is 8.12. The Morgan fingerprint density at radius 1 is 1.38 bits per heavy atom. The van der Waals surface area contributed by atoms with Crippen molar-refractivity contribution in [3.63, 3.8) is 0 Å². The number of amides is 2. The smallest absolute Gasteiger partial charge is 0.311 e. The van der Waals surface area contributed by atoms with Gasteiger partial charge >= 0.3 is 5.97 Å². The van der Waals surface area contributed by atoms with E-state index in [0.717, 1.165) is 0 Å².